The molecule has 4 rings (SSSR count). The lowest BCUT2D eigenvalue weighted by Gasteiger charge is -2.21. The molecule has 0 N–H and O–H groups in total. The average Bonchev–Trinajstić information content (AvgIpc) is 3.58. The molecule has 1 aliphatic rings. The lowest BCUT2D eigenvalue weighted by molar-refractivity contribution is -0.149. The summed E-state index contributed by atoms with van der Waals surface area (Å²) in [6.07, 6.45) is 7.98. The first-order valence-corrected chi connectivity index (χ1v) is 10.9. The van der Waals surface area contributed by atoms with Crippen LogP contribution in [-0.4, -0.2) is 32.1 Å². The van der Waals surface area contributed by atoms with Gasteiger partial charge in [-0.3, -0.25) is 4.79 Å². The zero-order valence-electron chi connectivity index (χ0n) is 17.0. The maximum atomic E-state index is 13.2. The number of carbonyl (C=O) groups excluding carboxylic acids is 1. The van der Waals surface area contributed by atoms with E-state index in [0.717, 1.165) is 11.1 Å². The summed E-state index contributed by atoms with van der Waals surface area (Å²) in [4.78, 5) is 37.8. The van der Waals surface area contributed by atoms with Gasteiger partial charge in [0.1, 0.15) is 17.7 Å². The summed E-state index contributed by atoms with van der Waals surface area (Å²) in [7, 11) is 0. The van der Waals surface area contributed by atoms with Gasteiger partial charge in [0.25, 0.3) is 5.56 Å². The number of nitrogens with zero attached hydrogens (tertiary/aromatic N) is 4. The number of hydrogen-bond donors (Lipinski definition) is 0. The molecule has 7 nitrogen and oxygen atoms in total. The van der Waals surface area contributed by atoms with Crippen LogP contribution in [0, 0.1) is 5.82 Å². The zero-order chi connectivity index (χ0) is 21.8. The molecule has 160 valence electrons. The maximum Gasteiger partial charge on any atom is 0.332 e. The van der Waals surface area contributed by atoms with Crippen molar-refractivity contribution in [3.05, 3.63) is 82.0 Å². The minimum atomic E-state index is -0.843. The Morgan fingerprint density at radius 1 is 1.19 bits per heavy atom. The van der Waals surface area contributed by atoms with Crippen molar-refractivity contribution in [1.29, 1.82) is 0 Å². The Hall–Kier alpha value is -3.07. The second-order valence-corrected chi connectivity index (χ2v) is 8.26. The van der Waals surface area contributed by atoms with Crippen molar-refractivity contribution in [2.45, 2.75) is 42.6 Å². The molecule has 1 fully saturated rings. The van der Waals surface area contributed by atoms with Crippen LogP contribution in [0.5, 0.6) is 0 Å². The number of benzene rings is 1. The largest absolute Gasteiger partial charge is 0.464 e. The van der Waals surface area contributed by atoms with E-state index in [2.05, 4.69) is 15.0 Å². The number of rotatable bonds is 8. The van der Waals surface area contributed by atoms with Crippen LogP contribution in [0.1, 0.15) is 36.5 Å². The molecule has 0 atom stereocenters. The quantitative estimate of drug-likeness (QED) is 0.302. The Bertz CT molecular complexity index is 1130. The summed E-state index contributed by atoms with van der Waals surface area (Å²) >= 11 is 1.33. The van der Waals surface area contributed by atoms with Crippen molar-refractivity contribution < 1.29 is 13.9 Å². The van der Waals surface area contributed by atoms with Crippen LogP contribution in [0.3, 0.4) is 0 Å². The predicted molar refractivity (Wildman–Crippen MR) is 113 cm³/mol. The van der Waals surface area contributed by atoms with Gasteiger partial charge in [0.15, 0.2) is 5.16 Å². The molecule has 0 aliphatic heterocycles. The van der Waals surface area contributed by atoms with Crippen molar-refractivity contribution >= 4 is 17.7 Å². The Morgan fingerprint density at radius 2 is 1.90 bits per heavy atom. The first-order valence-electron chi connectivity index (χ1n) is 9.93. The van der Waals surface area contributed by atoms with Crippen molar-refractivity contribution in [2.75, 3.05) is 6.61 Å². The molecule has 0 saturated heterocycles. The molecule has 0 amide bonds. The lowest BCUT2D eigenvalue weighted by atomic mass is 10.1. The summed E-state index contributed by atoms with van der Waals surface area (Å²) in [6, 6.07) is 6.16. The van der Waals surface area contributed by atoms with Crippen LogP contribution in [0.4, 0.5) is 4.39 Å². The highest BCUT2D eigenvalue weighted by Crippen LogP contribution is 2.46. The molecule has 1 aliphatic carbocycles. The summed E-state index contributed by atoms with van der Waals surface area (Å²) in [5, 5.41) is 0.438. The van der Waals surface area contributed by atoms with Crippen LogP contribution in [0.15, 0.2) is 59.1 Å². The SMILES string of the molecule is CCOC(=O)C1(n2cc(Cc3cncnc3)c(=O)nc2SCc2ccc(F)cc2)CC1. The van der Waals surface area contributed by atoms with Gasteiger partial charge in [0.2, 0.25) is 0 Å². The van der Waals surface area contributed by atoms with E-state index in [0.29, 0.717) is 35.7 Å². The number of halogens is 1. The van der Waals surface area contributed by atoms with Gasteiger partial charge in [0.05, 0.1) is 6.61 Å². The minimum Gasteiger partial charge on any atom is -0.464 e. The third-order valence-electron chi connectivity index (χ3n) is 5.09. The minimum absolute atomic E-state index is 0.278. The van der Waals surface area contributed by atoms with E-state index in [1.54, 1.807) is 42.2 Å². The molecular weight excluding hydrogens is 419 g/mol. The fourth-order valence-corrected chi connectivity index (χ4v) is 4.31. The number of esters is 1. The second kappa shape index (κ2) is 8.97. The number of hydrogen-bond acceptors (Lipinski definition) is 7. The molecular formula is C22H21FN4O3S. The first-order chi connectivity index (χ1) is 15.0. The van der Waals surface area contributed by atoms with Crippen molar-refractivity contribution in [1.82, 2.24) is 19.5 Å². The number of aromatic nitrogens is 4. The summed E-state index contributed by atoms with van der Waals surface area (Å²) in [5.74, 6) is -0.146. The van der Waals surface area contributed by atoms with Gasteiger partial charge >= 0.3 is 5.97 Å². The summed E-state index contributed by atoms with van der Waals surface area (Å²) < 4.78 is 20.3. The summed E-state index contributed by atoms with van der Waals surface area (Å²) in [6.45, 7) is 2.04. The normalized spacial score (nSPS) is 14.3. The molecule has 9 heteroatoms. The van der Waals surface area contributed by atoms with E-state index in [9.17, 15) is 14.0 Å². The monoisotopic (exact) mass is 440 g/mol. The van der Waals surface area contributed by atoms with Crippen LogP contribution >= 0.6 is 11.8 Å². The fourth-order valence-electron chi connectivity index (χ4n) is 3.31. The van der Waals surface area contributed by atoms with Crippen molar-refractivity contribution in [2.24, 2.45) is 0 Å². The van der Waals surface area contributed by atoms with Gasteiger partial charge in [-0.1, -0.05) is 23.9 Å². The van der Waals surface area contributed by atoms with Gasteiger partial charge in [-0.15, -0.1) is 0 Å². The van der Waals surface area contributed by atoms with Crippen LogP contribution < -0.4 is 5.56 Å². The molecule has 2 heterocycles. The molecule has 0 unspecified atom stereocenters. The van der Waals surface area contributed by atoms with Gasteiger partial charge < -0.3 is 9.30 Å². The third kappa shape index (κ3) is 4.66. The van der Waals surface area contributed by atoms with E-state index in [1.807, 2.05) is 0 Å². The first kappa shape index (κ1) is 21.2. The van der Waals surface area contributed by atoms with E-state index in [1.165, 1.54) is 30.2 Å². The highest BCUT2D eigenvalue weighted by atomic mass is 32.2. The standard InChI is InChI=1S/C22H21FN4O3S/c1-2-30-20(29)22(7-8-22)27-12-17(9-16-10-24-14-25-11-16)19(28)26-21(27)31-13-15-3-5-18(23)6-4-15/h3-6,10-12,14H,2,7-9,13H2,1H3. The smallest absolute Gasteiger partial charge is 0.332 e. The predicted octanol–water partition coefficient (Wildman–Crippen LogP) is 3.11. The molecule has 1 saturated carbocycles. The topological polar surface area (TPSA) is 87.0 Å². The Morgan fingerprint density at radius 3 is 2.55 bits per heavy atom. The Labute approximate surface area is 182 Å². The van der Waals surface area contributed by atoms with Gasteiger partial charge in [0, 0.05) is 36.3 Å². The molecule has 3 aromatic rings. The maximum absolute atomic E-state index is 13.2. The van der Waals surface area contributed by atoms with Crippen LogP contribution in [-0.2, 0) is 27.2 Å². The fraction of sp³-hybridized carbons (Fsp3) is 0.318. The van der Waals surface area contributed by atoms with Gasteiger partial charge in [-0.2, -0.15) is 4.98 Å². The zero-order valence-corrected chi connectivity index (χ0v) is 17.8. The molecule has 1 aromatic carbocycles. The van der Waals surface area contributed by atoms with E-state index < -0.39 is 5.54 Å². The molecule has 31 heavy (non-hydrogen) atoms. The summed E-state index contributed by atoms with van der Waals surface area (Å²) in [5.41, 5.74) is 0.918. The third-order valence-corrected chi connectivity index (χ3v) is 6.12. The molecule has 2 aromatic heterocycles. The second-order valence-electron chi connectivity index (χ2n) is 7.31. The highest BCUT2D eigenvalue weighted by molar-refractivity contribution is 7.98. The number of thioether (sulfide) groups is 1. The molecule has 0 bridgehead atoms. The van der Waals surface area contributed by atoms with Gasteiger partial charge in [-0.05, 0) is 43.0 Å². The number of ether oxygens (including phenoxy) is 1. The van der Waals surface area contributed by atoms with Crippen molar-refractivity contribution in [3.8, 4) is 0 Å². The number of carbonyl (C=O) groups is 1. The van der Waals surface area contributed by atoms with E-state index >= 15 is 0 Å². The van der Waals surface area contributed by atoms with Crippen molar-refractivity contribution in [3.63, 3.8) is 0 Å². The van der Waals surface area contributed by atoms with Crippen LogP contribution in [0.2, 0.25) is 0 Å². The highest BCUT2D eigenvalue weighted by Gasteiger charge is 2.54. The molecule has 0 radical (unpaired) electrons. The molecule has 0 spiro atoms. The van der Waals surface area contributed by atoms with Crippen LogP contribution in [0.25, 0.3) is 0 Å². The van der Waals surface area contributed by atoms with Gasteiger partial charge in [-0.25, -0.2) is 19.2 Å². The average molecular weight is 441 g/mol. The Kier molecular flexibility index (Phi) is 6.13. The Balaban J connectivity index is 1.69. The lowest BCUT2D eigenvalue weighted by Crippen LogP contribution is -2.33. The van der Waals surface area contributed by atoms with E-state index in [4.69, 9.17) is 4.74 Å². The van der Waals surface area contributed by atoms with E-state index in [-0.39, 0.29) is 24.0 Å².